The Labute approximate surface area is 189 Å². The molecule has 4 rings (SSSR count). The summed E-state index contributed by atoms with van der Waals surface area (Å²) in [5.41, 5.74) is 6.61. The SMILES string of the molecule is O=C(CCCS(=O)(=O)NC(=O)Nc1c2c(cc3c1CCC3)CCC2)NCc1ccccc1. The summed E-state index contributed by atoms with van der Waals surface area (Å²) in [6, 6.07) is 11.0. The van der Waals surface area contributed by atoms with Gasteiger partial charge in [0, 0.05) is 18.7 Å². The lowest BCUT2D eigenvalue weighted by molar-refractivity contribution is -0.121. The normalized spacial score (nSPS) is 14.5. The van der Waals surface area contributed by atoms with Crippen molar-refractivity contribution in [3.8, 4) is 0 Å². The average Bonchev–Trinajstić information content (AvgIpc) is 3.41. The number of anilines is 1. The molecule has 0 spiro atoms. The van der Waals surface area contributed by atoms with Crippen LogP contribution in [0.5, 0.6) is 0 Å². The summed E-state index contributed by atoms with van der Waals surface area (Å²) in [6.07, 6.45) is 6.14. The van der Waals surface area contributed by atoms with Crippen molar-refractivity contribution < 1.29 is 18.0 Å². The van der Waals surface area contributed by atoms with Crippen molar-refractivity contribution in [2.45, 2.75) is 57.9 Å². The zero-order valence-electron chi connectivity index (χ0n) is 18.1. The lowest BCUT2D eigenvalue weighted by Crippen LogP contribution is -2.36. The highest BCUT2D eigenvalue weighted by Gasteiger charge is 2.26. The molecule has 0 saturated carbocycles. The van der Waals surface area contributed by atoms with Crippen LogP contribution in [0.25, 0.3) is 0 Å². The van der Waals surface area contributed by atoms with E-state index in [2.05, 4.69) is 21.4 Å². The smallest absolute Gasteiger partial charge is 0.332 e. The maximum atomic E-state index is 12.5. The number of urea groups is 1. The van der Waals surface area contributed by atoms with E-state index in [1.807, 2.05) is 30.3 Å². The standard InChI is InChI=1S/C24H29N3O4S/c28-22(25-16-17-7-2-1-3-8-17)13-6-14-32(30,31)27-24(29)26-23-20-11-4-9-18(20)15-19-10-5-12-21(19)23/h1-3,7-8,15H,4-6,9-14,16H2,(H,25,28)(H2,26,27,29). The van der Waals surface area contributed by atoms with Crippen LogP contribution >= 0.6 is 0 Å². The first-order valence-corrected chi connectivity index (χ1v) is 12.8. The Morgan fingerprint density at radius 1 is 0.906 bits per heavy atom. The molecule has 8 heteroatoms. The number of carbonyl (C=O) groups excluding carboxylic acids is 2. The molecule has 0 radical (unpaired) electrons. The molecule has 0 unspecified atom stereocenters. The highest BCUT2D eigenvalue weighted by molar-refractivity contribution is 7.90. The van der Waals surface area contributed by atoms with E-state index in [4.69, 9.17) is 0 Å². The van der Waals surface area contributed by atoms with Crippen LogP contribution in [0.2, 0.25) is 0 Å². The lowest BCUT2D eigenvalue weighted by Gasteiger charge is -2.16. The van der Waals surface area contributed by atoms with E-state index in [1.165, 1.54) is 11.1 Å². The maximum Gasteiger partial charge on any atom is 0.332 e. The minimum absolute atomic E-state index is 0.0784. The Morgan fingerprint density at radius 3 is 2.22 bits per heavy atom. The van der Waals surface area contributed by atoms with Gasteiger partial charge in [-0.15, -0.1) is 0 Å². The van der Waals surface area contributed by atoms with Gasteiger partial charge in [-0.2, -0.15) is 0 Å². The lowest BCUT2D eigenvalue weighted by atomic mass is 9.99. The molecule has 3 amide bonds. The van der Waals surface area contributed by atoms with E-state index in [0.717, 1.165) is 60.9 Å². The summed E-state index contributed by atoms with van der Waals surface area (Å²) in [4.78, 5) is 24.5. The van der Waals surface area contributed by atoms with Crippen molar-refractivity contribution >= 4 is 27.6 Å². The maximum absolute atomic E-state index is 12.5. The van der Waals surface area contributed by atoms with Crippen molar-refractivity contribution in [2.75, 3.05) is 11.1 Å². The van der Waals surface area contributed by atoms with E-state index in [-0.39, 0.29) is 24.5 Å². The largest absolute Gasteiger partial charge is 0.352 e. The number of carbonyl (C=O) groups is 2. The highest BCUT2D eigenvalue weighted by atomic mass is 32.2. The number of rotatable bonds is 8. The molecule has 2 aromatic rings. The molecule has 2 aliphatic rings. The number of sulfonamides is 1. The Kier molecular flexibility index (Phi) is 6.79. The molecule has 3 N–H and O–H groups in total. The third kappa shape index (κ3) is 5.48. The van der Waals surface area contributed by atoms with E-state index in [9.17, 15) is 18.0 Å². The average molecular weight is 456 g/mol. The highest BCUT2D eigenvalue weighted by Crippen LogP contribution is 2.38. The molecular formula is C24H29N3O4S. The molecule has 0 aliphatic heterocycles. The number of amides is 3. The van der Waals surface area contributed by atoms with Gasteiger partial charge in [-0.05, 0) is 72.8 Å². The molecule has 7 nitrogen and oxygen atoms in total. The molecule has 0 heterocycles. The number of aryl methyl sites for hydroxylation is 2. The van der Waals surface area contributed by atoms with Crippen LogP contribution in [0.1, 0.15) is 53.5 Å². The van der Waals surface area contributed by atoms with Crippen LogP contribution in [-0.2, 0) is 47.0 Å². The predicted octanol–water partition coefficient (Wildman–Crippen LogP) is 3.21. The fourth-order valence-corrected chi connectivity index (χ4v) is 5.57. The van der Waals surface area contributed by atoms with Gasteiger partial charge in [-0.25, -0.2) is 17.9 Å². The van der Waals surface area contributed by atoms with Crippen LogP contribution in [0, 0.1) is 0 Å². The zero-order valence-corrected chi connectivity index (χ0v) is 18.9. The molecule has 32 heavy (non-hydrogen) atoms. The van der Waals surface area contributed by atoms with Gasteiger partial charge in [0.2, 0.25) is 15.9 Å². The van der Waals surface area contributed by atoms with Crippen LogP contribution in [-0.4, -0.2) is 26.1 Å². The first-order valence-electron chi connectivity index (χ1n) is 11.2. The molecule has 0 aromatic heterocycles. The number of nitrogens with one attached hydrogen (secondary N) is 3. The van der Waals surface area contributed by atoms with Crippen molar-refractivity contribution in [1.82, 2.24) is 10.0 Å². The number of benzene rings is 2. The minimum Gasteiger partial charge on any atom is -0.352 e. The second-order valence-electron chi connectivity index (χ2n) is 8.47. The van der Waals surface area contributed by atoms with Gasteiger partial charge in [0.1, 0.15) is 0 Å². The number of hydrogen-bond donors (Lipinski definition) is 3. The molecule has 2 aromatic carbocycles. The predicted molar refractivity (Wildman–Crippen MR) is 124 cm³/mol. The third-order valence-electron chi connectivity index (χ3n) is 6.11. The molecule has 0 fully saturated rings. The van der Waals surface area contributed by atoms with Crippen molar-refractivity contribution in [3.63, 3.8) is 0 Å². The molecule has 0 bridgehead atoms. The first kappa shape index (κ1) is 22.3. The van der Waals surface area contributed by atoms with Crippen molar-refractivity contribution in [1.29, 1.82) is 0 Å². The summed E-state index contributed by atoms with van der Waals surface area (Å²) in [5.74, 6) is -0.506. The van der Waals surface area contributed by atoms with Gasteiger partial charge in [0.25, 0.3) is 0 Å². The van der Waals surface area contributed by atoms with E-state index in [0.29, 0.717) is 6.54 Å². The molecular weight excluding hydrogens is 426 g/mol. The summed E-state index contributed by atoms with van der Waals surface area (Å²) in [6.45, 7) is 0.402. The third-order valence-corrected chi connectivity index (χ3v) is 7.43. The summed E-state index contributed by atoms with van der Waals surface area (Å²) in [7, 11) is -3.83. The topological polar surface area (TPSA) is 104 Å². The summed E-state index contributed by atoms with van der Waals surface area (Å²) >= 11 is 0. The number of fused-ring (bicyclic) bond motifs is 2. The van der Waals surface area contributed by atoms with E-state index in [1.54, 1.807) is 0 Å². The Hall–Kier alpha value is -2.87. The second kappa shape index (κ2) is 9.73. The van der Waals surface area contributed by atoms with Crippen LogP contribution in [0.15, 0.2) is 36.4 Å². The van der Waals surface area contributed by atoms with Gasteiger partial charge in [-0.1, -0.05) is 36.4 Å². The van der Waals surface area contributed by atoms with Gasteiger partial charge >= 0.3 is 6.03 Å². The monoisotopic (exact) mass is 455 g/mol. The van der Waals surface area contributed by atoms with E-state index >= 15 is 0 Å². The van der Waals surface area contributed by atoms with Crippen molar-refractivity contribution in [2.24, 2.45) is 0 Å². The quantitative estimate of drug-likeness (QED) is 0.568. The van der Waals surface area contributed by atoms with Crippen LogP contribution in [0.3, 0.4) is 0 Å². The van der Waals surface area contributed by atoms with Gasteiger partial charge < -0.3 is 10.6 Å². The Morgan fingerprint density at radius 2 is 1.56 bits per heavy atom. The Bertz CT molecular complexity index is 1080. The minimum atomic E-state index is -3.83. The van der Waals surface area contributed by atoms with Gasteiger partial charge in [0.15, 0.2) is 0 Å². The second-order valence-corrected chi connectivity index (χ2v) is 10.3. The molecule has 170 valence electrons. The van der Waals surface area contributed by atoms with Crippen LogP contribution < -0.4 is 15.4 Å². The fraction of sp³-hybridized carbons (Fsp3) is 0.417. The molecule has 0 atom stereocenters. The first-order chi connectivity index (χ1) is 15.4. The summed E-state index contributed by atoms with van der Waals surface area (Å²) in [5, 5.41) is 5.60. The van der Waals surface area contributed by atoms with Crippen molar-refractivity contribution in [3.05, 3.63) is 64.2 Å². The van der Waals surface area contributed by atoms with E-state index < -0.39 is 16.1 Å². The molecule has 2 aliphatic carbocycles. The van der Waals surface area contributed by atoms with Gasteiger partial charge in [0.05, 0.1) is 5.75 Å². The number of hydrogen-bond acceptors (Lipinski definition) is 4. The summed E-state index contributed by atoms with van der Waals surface area (Å²) < 4.78 is 26.8. The zero-order chi connectivity index (χ0) is 22.6. The fourth-order valence-electron chi connectivity index (χ4n) is 4.61. The van der Waals surface area contributed by atoms with Crippen LogP contribution in [0.4, 0.5) is 10.5 Å². The molecule has 0 saturated heterocycles. The Balaban J connectivity index is 1.27. The van der Waals surface area contributed by atoms with Gasteiger partial charge in [-0.3, -0.25) is 4.79 Å².